The summed E-state index contributed by atoms with van der Waals surface area (Å²) in [5.41, 5.74) is 0.498. The first-order valence-corrected chi connectivity index (χ1v) is 8.83. The largest absolute Gasteiger partial charge is 0.349 e. The highest BCUT2D eigenvalue weighted by Gasteiger charge is 2.25. The minimum absolute atomic E-state index is 0.0846. The fourth-order valence-electron chi connectivity index (χ4n) is 1.97. The molecule has 0 saturated carbocycles. The zero-order valence-electron chi connectivity index (χ0n) is 10.0. The summed E-state index contributed by atoms with van der Waals surface area (Å²) in [6.45, 7) is 0. The van der Waals surface area contributed by atoms with Crippen molar-refractivity contribution >= 4 is 43.3 Å². The van der Waals surface area contributed by atoms with Gasteiger partial charge < -0.3 is 5.32 Å². The summed E-state index contributed by atoms with van der Waals surface area (Å²) < 4.78 is 23.2. The molecule has 0 atom stereocenters. The van der Waals surface area contributed by atoms with Crippen LogP contribution in [0.15, 0.2) is 22.7 Å². The molecule has 0 aliphatic carbocycles. The van der Waals surface area contributed by atoms with Crippen molar-refractivity contribution in [1.29, 1.82) is 0 Å². The van der Waals surface area contributed by atoms with E-state index in [1.54, 1.807) is 18.2 Å². The van der Waals surface area contributed by atoms with Gasteiger partial charge in [-0.05, 0) is 47.0 Å². The molecule has 0 bridgehead atoms. The van der Waals surface area contributed by atoms with Crippen molar-refractivity contribution in [1.82, 2.24) is 5.32 Å². The third-order valence-electron chi connectivity index (χ3n) is 3.07. The summed E-state index contributed by atoms with van der Waals surface area (Å²) in [6, 6.07) is 4.86. The van der Waals surface area contributed by atoms with Crippen molar-refractivity contribution in [2.24, 2.45) is 0 Å². The molecule has 1 fully saturated rings. The number of nitrogens with one attached hydrogen (secondary N) is 1. The molecule has 1 saturated heterocycles. The first kappa shape index (κ1) is 14.8. The molecule has 1 aliphatic rings. The molecule has 1 heterocycles. The third kappa shape index (κ3) is 3.94. The van der Waals surface area contributed by atoms with E-state index in [1.165, 1.54) is 0 Å². The van der Waals surface area contributed by atoms with E-state index in [2.05, 4.69) is 21.2 Å². The Hall–Kier alpha value is -0.590. The van der Waals surface area contributed by atoms with Gasteiger partial charge in [0.1, 0.15) is 9.84 Å². The van der Waals surface area contributed by atoms with Gasteiger partial charge in [-0.3, -0.25) is 4.79 Å². The van der Waals surface area contributed by atoms with Crippen LogP contribution in [0.4, 0.5) is 0 Å². The fourth-order valence-corrected chi connectivity index (χ4v) is 4.33. The van der Waals surface area contributed by atoms with Gasteiger partial charge in [0.25, 0.3) is 5.91 Å². The van der Waals surface area contributed by atoms with Crippen molar-refractivity contribution in [3.05, 3.63) is 33.3 Å². The topological polar surface area (TPSA) is 63.2 Å². The molecule has 0 unspecified atom stereocenters. The first-order valence-electron chi connectivity index (χ1n) is 5.84. The van der Waals surface area contributed by atoms with Gasteiger partial charge in [0, 0.05) is 15.5 Å². The Labute approximate surface area is 125 Å². The third-order valence-corrected chi connectivity index (χ3v) is 5.67. The van der Waals surface area contributed by atoms with Crippen LogP contribution in [0.2, 0.25) is 5.02 Å². The molecular formula is C12H13BrClNO3S. The Kier molecular flexibility index (Phi) is 4.53. The average Bonchev–Trinajstić information content (AvgIpc) is 2.31. The highest BCUT2D eigenvalue weighted by atomic mass is 79.9. The molecule has 1 aromatic carbocycles. The van der Waals surface area contributed by atoms with Crippen LogP contribution in [0, 0.1) is 0 Å². The lowest BCUT2D eigenvalue weighted by Crippen LogP contribution is -2.40. The van der Waals surface area contributed by atoms with Gasteiger partial charge in [-0.1, -0.05) is 11.6 Å². The van der Waals surface area contributed by atoms with Crippen LogP contribution in [0.5, 0.6) is 0 Å². The molecular weight excluding hydrogens is 354 g/mol. The summed E-state index contributed by atoms with van der Waals surface area (Å²) in [5.74, 6) is 0.0623. The van der Waals surface area contributed by atoms with E-state index < -0.39 is 9.84 Å². The van der Waals surface area contributed by atoms with E-state index in [1.807, 2.05) is 0 Å². The lowest BCUT2D eigenvalue weighted by molar-refractivity contribution is 0.0933. The Morgan fingerprint density at radius 3 is 2.53 bits per heavy atom. The molecule has 0 spiro atoms. The molecule has 1 N–H and O–H groups in total. The van der Waals surface area contributed by atoms with E-state index in [0.29, 0.717) is 27.9 Å². The number of carbonyl (C=O) groups is 1. The number of rotatable bonds is 2. The second-order valence-electron chi connectivity index (χ2n) is 4.52. The highest BCUT2D eigenvalue weighted by Crippen LogP contribution is 2.22. The standard InChI is InChI=1S/C12H13BrClNO3S/c13-11-7-8(14)1-2-10(11)12(16)15-9-3-5-19(17,18)6-4-9/h1-2,7,9H,3-6H2,(H,15,16). The van der Waals surface area contributed by atoms with E-state index in [4.69, 9.17) is 11.6 Å². The van der Waals surface area contributed by atoms with Crippen LogP contribution in [-0.2, 0) is 9.84 Å². The predicted octanol–water partition coefficient (Wildman–Crippen LogP) is 2.41. The van der Waals surface area contributed by atoms with Crippen LogP contribution in [0.25, 0.3) is 0 Å². The van der Waals surface area contributed by atoms with Gasteiger partial charge >= 0.3 is 0 Å². The molecule has 0 radical (unpaired) electrons. The van der Waals surface area contributed by atoms with Crippen molar-refractivity contribution in [3.63, 3.8) is 0 Å². The molecule has 0 aromatic heterocycles. The minimum Gasteiger partial charge on any atom is -0.349 e. The number of halogens is 2. The van der Waals surface area contributed by atoms with Crippen LogP contribution in [0.3, 0.4) is 0 Å². The van der Waals surface area contributed by atoms with Crippen molar-refractivity contribution in [2.45, 2.75) is 18.9 Å². The zero-order valence-corrected chi connectivity index (χ0v) is 13.2. The summed E-state index contributed by atoms with van der Waals surface area (Å²) >= 11 is 9.11. The van der Waals surface area contributed by atoms with Gasteiger partial charge in [0.15, 0.2) is 0 Å². The van der Waals surface area contributed by atoms with E-state index in [0.717, 1.165) is 0 Å². The zero-order chi connectivity index (χ0) is 14.0. The van der Waals surface area contributed by atoms with Crippen LogP contribution in [0.1, 0.15) is 23.2 Å². The van der Waals surface area contributed by atoms with Gasteiger partial charge in [0.2, 0.25) is 0 Å². The van der Waals surface area contributed by atoms with E-state index >= 15 is 0 Å². The Balaban J connectivity index is 2.02. The van der Waals surface area contributed by atoms with Gasteiger partial charge in [0.05, 0.1) is 17.1 Å². The van der Waals surface area contributed by atoms with Crippen molar-refractivity contribution in [2.75, 3.05) is 11.5 Å². The maximum Gasteiger partial charge on any atom is 0.252 e. The highest BCUT2D eigenvalue weighted by molar-refractivity contribution is 9.10. The number of sulfone groups is 1. The number of amides is 1. The van der Waals surface area contributed by atoms with E-state index in [9.17, 15) is 13.2 Å². The number of carbonyl (C=O) groups excluding carboxylic acids is 1. The summed E-state index contributed by atoms with van der Waals surface area (Å²) in [6.07, 6.45) is 0.943. The number of benzene rings is 1. The SMILES string of the molecule is O=C(NC1CCS(=O)(=O)CC1)c1ccc(Cl)cc1Br. The van der Waals surface area contributed by atoms with Gasteiger partial charge in [-0.2, -0.15) is 0 Å². The van der Waals surface area contributed by atoms with Crippen molar-refractivity contribution < 1.29 is 13.2 Å². The van der Waals surface area contributed by atoms with Gasteiger partial charge in [-0.15, -0.1) is 0 Å². The Bertz CT molecular complexity index is 589. The second kappa shape index (κ2) is 5.81. The Morgan fingerprint density at radius 2 is 1.95 bits per heavy atom. The molecule has 1 aromatic rings. The lowest BCUT2D eigenvalue weighted by atomic mass is 10.1. The smallest absolute Gasteiger partial charge is 0.252 e. The predicted molar refractivity (Wildman–Crippen MR) is 78.3 cm³/mol. The number of hydrogen-bond donors (Lipinski definition) is 1. The molecule has 2 rings (SSSR count). The van der Waals surface area contributed by atoms with Crippen LogP contribution in [-0.4, -0.2) is 31.9 Å². The summed E-state index contributed by atoms with van der Waals surface area (Å²) in [4.78, 5) is 12.1. The first-order chi connectivity index (χ1) is 8.87. The quantitative estimate of drug-likeness (QED) is 0.874. The molecule has 4 nitrogen and oxygen atoms in total. The second-order valence-corrected chi connectivity index (χ2v) is 8.12. The monoisotopic (exact) mass is 365 g/mol. The average molecular weight is 367 g/mol. The molecule has 1 amide bonds. The molecule has 19 heavy (non-hydrogen) atoms. The van der Waals surface area contributed by atoms with Crippen LogP contribution < -0.4 is 5.32 Å². The maximum atomic E-state index is 12.1. The number of hydrogen-bond acceptors (Lipinski definition) is 3. The minimum atomic E-state index is -2.91. The van der Waals surface area contributed by atoms with E-state index in [-0.39, 0.29) is 23.5 Å². The van der Waals surface area contributed by atoms with Gasteiger partial charge in [-0.25, -0.2) is 8.42 Å². The van der Waals surface area contributed by atoms with Crippen molar-refractivity contribution in [3.8, 4) is 0 Å². The Morgan fingerprint density at radius 1 is 1.32 bits per heavy atom. The summed E-state index contributed by atoms with van der Waals surface area (Å²) in [5, 5.41) is 3.41. The van der Waals surface area contributed by atoms with Crippen LogP contribution >= 0.6 is 27.5 Å². The fraction of sp³-hybridized carbons (Fsp3) is 0.417. The maximum absolute atomic E-state index is 12.1. The molecule has 104 valence electrons. The molecule has 7 heteroatoms. The molecule has 1 aliphatic heterocycles. The summed E-state index contributed by atoms with van der Waals surface area (Å²) in [7, 11) is -2.91. The normalized spacial score (nSPS) is 19.1. The lowest BCUT2D eigenvalue weighted by Gasteiger charge is -2.23.